The standard InChI is InChI=1S/C16H15N3O5/c1-24-14-8-7-11(9-13(14)19(22)23)10-17-18-16(21)15(20)12-5-3-2-4-6-12/h2-10,15,20H,1H3,(H,18,21)/b17-10-/t15-/m1/s1. The fraction of sp³-hybridized carbons (Fsp3) is 0.125. The summed E-state index contributed by atoms with van der Waals surface area (Å²) in [7, 11) is 1.33. The Kier molecular flexibility index (Phi) is 5.58. The normalized spacial score (nSPS) is 11.9. The van der Waals surface area contributed by atoms with Gasteiger partial charge in [0, 0.05) is 11.6 Å². The molecule has 1 atom stereocenters. The molecular formula is C16H15N3O5. The first-order chi connectivity index (χ1) is 11.5. The van der Waals surface area contributed by atoms with Gasteiger partial charge in [0.15, 0.2) is 11.9 Å². The van der Waals surface area contributed by atoms with E-state index in [0.29, 0.717) is 11.1 Å². The topological polar surface area (TPSA) is 114 Å². The van der Waals surface area contributed by atoms with Crippen molar-refractivity contribution in [2.75, 3.05) is 7.11 Å². The van der Waals surface area contributed by atoms with Crippen LogP contribution in [0.4, 0.5) is 5.69 Å². The summed E-state index contributed by atoms with van der Waals surface area (Å²) in [4.78, 5) is 22.2. The Morgan fingerprint density at radius 1 is 1.33 bits per heavy atom. The van der Waals surface area contributed by atoms with Crippen LogP contribution in [0.2, 0.25) is 0 Å². The number of hydrazone groups is 1. The number of methoxy groups -OCH3 is 1. The average molecular weight is 329 g/mol. The van der Waals surface area contributed by atoms with Gasteiger partial charge in [0.05, 0.1) is 18.2 Å². The number of nitrogens with zero attached hydrogens (tertiary/aromatic N) is 2. The highest BCUT2D eigenvalue weighted by Crippen LogP contribution is 2.26. The van der Waals surface area contributed by atoms with E-state index < -0.39 is 16.9 Å². The van der Waals surface area contributed by atoms with Crippen LogP contribution in [0.5, 0.6) is 5.75 Å². The molecule has 124 valence electrons. The number of amides is 1. The van der Waals surface area contributed by atoms with Crippen molar-refractivity contribution in [1.29, 1.82) is 0 Å². The second kappa shape index (κ2) is 7.84. The summed E-state index contributed by atoms with van der Waals surface area (Å²) in [5, 5.41) is 24.5. The molecule has 2 aromatic carbocycles. The maximum Gasteiger partial charge on any atom is 0.311 e. The first kappa shape index (κ1) is 17.1. The zero-order valence-corrected chi connectivity index (χ0v) is 12.7. The summed E-state index contributed by atoms with van der Waals surface area (Å²) >= 11 is 0. The first-order valence-electron chi connectivity index (χ1n) is 6.91. The molecule has 0 spiro atoms. The van der Waals surface area contributed by atoms with Crippen LogP contribution in [0.25, 0.3) is 0 Å². The minimum atomic E-state index is -1.35. The molecule has 0 aliphatic carbocycles. The highest BCUT2D eigenvalue weighted by molar-refractivity contribution is 5.85. The molecule has 1 amide bonds. The van der Waals surface area contributed by atoms with Crippen molar-refractivity contribution in [2.24, 2.45) is 5.10 Å². The summed E-state index contributed by atoms with van der Waals surface area (Å²) < 4.78 is 4.90. The molecule has 2 rings (SSSR count). The lowest BCUT2D eigenvalue weighted by Gasteiger charge is -2.08. The Morgan fingerprint density at radius 3 is 2.67 bits per heavy atom. The fourth-order valence-corrected chi connectivity index (χ4v) is 1.95. The summed E-state index contributed by atoms with van der Waals surface area (Å²) in [5.74, 6) is -0.582. The number of rotatable bonds is 6. The summed E-state index contributed by atoms with van der Waals surface area (Å²) in [5.41, 5.74) is 2.81. The van der Waals surface area contributed by atoms with E-state index in [1.165, 1.54) is 25.5 Å². The number of nitro groups is 1. The van der Waals surface area contributed by atoms with Crippen molar-refractivity contribution >= 4 is 17.8 Å². The van der Waals surface area contributed by atoms with Crippen LogP contribution >= 0.6 is 0 Å². The van der Waals surface area contributed by atoms with Gasteiger partial charge in [-0.25, -0.2) is 5.43 Å². The molecule has 24 heavy (non-hydrogen) atoms. The predicted octanol–water partition coefficient (Wildman–Crippen LogP) is 1.79. The molecule has 2 N–H and O–H groups in total. The number of aliphatic hydroxyl groups is 1. The lowest BCUT2D eigenvalue weighted by molar-refractivity contribution is -0.385. The smallest absolute Gasteiger partial charge is 0.311 e. The maximum absolute atomic E-state index is 11.8. The van der Waals surface area contributed by atoms with Gasteiger partial charge in [-0.1, -0.05) is 30.3 Å². The number of hydrogen-bond acceptors (Lipinski definition) is 6. The Labute approximate surface area is 137 Å². The third-order valence-corrected chi connectivity index (χ3v) is 3.15. The predicted molar refractivity (Wildman–Crippen MR) is 86.8 cm³/mol. The van der Waals surface area contributed by atoms with Gasteiger partial charge in [0.25, 0.3) is 5.91 Å². The van der Waals surface area contributed by atoms with Gasteiger partial charge in [-0.15, -0.1) is 0 Å². The quantitative estimate of drug-likeness (QED) is 0.476. The number of benzene rings is 2. The third kappa shape index (κ3) is 4.14. The van der Waals surface area contributed by atoms with Gasteiger partial charge < -0.3 is 9.84 Å². The monoisotopic (exact) mass is 329 g/mol. The van der Waals surface area contributed by atoms with E-state index in [1.54, 1.807) is 36.4 Å². The van der Waals surface area contributed by atoms with E-state index >= 15 is 0 Å². The zero-order valence-electron chi connectivity index (χ0n) is 12.7. The van der Waals surface area contributed by atoms with Crippen molar-refractivity contribution < 1.29 is 19.6 Å². The van der Waals surface area contributed by atoms with E-state index in [1.807, 2.05) is 0 Å². The van der Waals surface area contributed by atoms with Crippen molar-refractivity contribution in [2.45, 2.75) is 6.10 Å². The highest BCUT2D eigenvalue weighted by atomic mass is 16.6. The lowest BCUT2D eigenvalue weighted by atomic mass is 10.1. The highest BCUT2D eigenvalue weighted by Gasteiger charge is 2.16. The molecule has 0 aliphatic heterocycles. The molecule has 0 heterocycles. The first-order valence-corrected chi connectivity index (χ1v) is 6.91. The number of nitrogens with one attached hydrogen (secondary N) is 1. The summed E-state index contributed by atoms with van der Waals surface area (Å²) in [6.45, 7) is 0. The molecule has 0 aromatic heterocycles. The van der Waals surface area contributed by atoms with E-state index in [4.69, 9.17) is 4.74 Å². The molecule has 0 bridgehead atoms. The fourth-order valence-electron chi connectivity index (χ4n) is 1.95. The van der Waals surface area contributed by atoms with Crippen molar-refractivity contribution in [1.82, 2.24) is 5.43 Å². The molecule has 2 aromatic rings. The van der Waals surface area contributed by atoms with Crippen molar-refractivity contribution in [3.63, 3.8) is 0 Å². The largest absolute Gasteiger partial charge is 0.490 e. The van der Waals surface area contributed by atoms with Crippen LogP contribution in [0.15, 0.2) is 53.6 Å². The summed E-state index contributed by atoms with van der Waals surface area (Å²) in [6, 6.07) is 12.6. The van der Waals surface area contributed by atoms with Crippen LogP contribution in [0.3, 0.4) is 0 Å². The van der Waals surface area contributed by atoms with Gasteiger partial charge in [-0.05, 0) is 17.7 Å². The summed E-state index contributed by atoms with van der Waals surface area (Å²) in [6.07, 6.45) is -0.115. The van der Waals surface area contributed by atoms with Crippen molar-refractivity contribution in [3.05, 3.63) is 69.8 Å². The van der Waals surface area contributed by atoms with E-state index in [2.05, 4.69) is 10.5 Å². The number of nitro benzene ring substituents is 1. The van der Waals surface area contributed by atoms with Crippen LogP contribution < -0.4 is 10.2 Å². The van der Waals surface area contributed by atoms with E-state index in [-0.39, 0.29) is 11.4 Å². The molecular weight excluding hydrogens is 314 g/mol. The zero-order chi connectivity index (χ0) is 17.5. The van der Waals surface area contributed by atoms with Crippen LogP contribution in [-0.2, 0) is 4.79 Å². The molecule has 8 nitrogen and oxygen atoms in total. The molecule has 0 radical (unpaired) electrons. The molecule has 0 unspecified atom stereocenters. The van der Waals surface area contributed by atoms with E-state index in [0.717, 1.165) is 0 Å². The van der Waals surface area contributed by atoms with Gasteiger partial charge in [0.1, 0.15) is 0 Å². The van der Waals surface area contributed by atoms with Crippen molar-refractivity contribution in [3.8, 4) is 5.75 Å². The minimum absolute atomic E-state index is 0.126. The molecule has 0 fully saturated rings. The second-order valence-electron chi connectivity index (χ2n) is 4.74. The Morgan fingerprint density at radius 2 is 2.04 bits per heavy atom. The Balaban J connectivity index is 2.05. The van der Waals surface area contributed by atoms with Crippen LogP contribution in [-0.4, -0.2) is 29.3 Å². The molecule has 8 heteroatoms. The SMILES string of the molecule is COc1ccc(/C=N\NC(=O)[C@H](O)c2ccccc2)cc1[N+](=O)[O-]. The number of carbonyl (C=O) groups is 1. The molecule has 0 aliphatic rings. The maximum atomic E-state index is 11.8. The average Bonchev–Trinajstić information content (AvgIpc) is 2.61. The number of hydrogen-bond donors (Lipinski definition) is 2. The number of ether oxygens (including phenoxy) is 1. The van der Waals surface area contributed by atoms with Crippen LogP contribution in [0, 0.1) is 10.1 Å². The Bertz CT molecular complexity index is 762. The van der Waals surface area contributed by atoms with E-state index in [9.17, 15) is 20.0 Å². The molecule has 0 saturated carbocycles. The Hall–Kier alpha value is -3.26. The van der Waals surface area contributed by atoms with Gasteiger partial charge in [0.2, 0.25) is 0 Å². The minimum Gasteiger partial charge on any atom is -0.490 e. The van der Waals surface area contributed by atoms with Gasteiger partial charge in [-0.3, -0.25) is 14.9 Å². The second-order valence-corrected chi connectivity index (χ2v) is 4.74. The van der Waals surface area contributed by atoms with Gasteiger partial charge in [-0.2, -0.15) is 5.10 Å². The third-order valence-electron chi connectivity index (χ3n) is 3.15. The number of carbonyl (C=O) groups excluding carboxylic acids is 1. The van der Waals surface area contributed by atoms with Gasteiger partial charge >= 0.3 is 5.69 Å². The van der Waals surface area contributed by atoms with Crippen LogP contribution in [0.1, 0.15) is 17.2 Å². The molecule has 0 saturated heterocycles. The lowest BCUT2D eigenvalue weighted by Crippen LogP contribution is -2.25. The number of aliphatic hydroxyl groups excluding tert-OH is 1.